The molecule has 1 fully saturated rings. The average Bonchev–Trinajstić information content (AvgIpc) is 2.66. The number of sulfonamides is 1. The van der Waals surface area contributed by atoms with E-state index in [1.807, 2.05) is 0 Å². The first-order chi connectivity index (χ1) is 9.54. The first kappa shape index (κ1) is 16.2. The van der Waals surface area contributed by atoms with Gasteiger partial charge >= 0.3 is 0 Å². The molecule has 112 valence electrons. The third-order valence-corrected chi connectivity index (χ3v) is 5.92. The minimum atomic E-state index is -3.40. The highest BCUT2D eigenvalue weighted by molar-refractivity contribution is 9.09. The van der Waals surface area contributed by atoms with E-state index in [-0.39, 0.29) is 0 Å². The fourth-order valence-corrected chi connectivity index (χ4v) is 4.38. The Kier molecular flexibility index (Phi) is 5.86. The summed E-state index contributed by atoms with van der Waals surface area (Å²) in [5.41, 5.74) is 0. The fraction of sp³-hybridized carbons (Fsp3) is 0.538. The van der Waals surface area contributed by atoms with E-state index in [9.17, 15) is 8.42 Å². The third kappa shape index (κ3) is 3.95. The standard InChI is InChI=1S/C13H18BrClN2O2S/c14-6-9-16-7-1-8-17(11-10-16)20(18,19)13-4-2-12(15)3-5-13/h2-5H,1,6-11H2. The normalized spacial score (nSPS) is 18.9. The summed E-state index contributed by atoms with van der Waals surface area (Å²) < 4.78 is 26.7. The Bertz CT molecular complexity index is 536. The van der Waals surface area contributed by atoms with Crippen molar-refractivity contribution in [3.63, 3.8) is 0 Å². The van der Waals surface area contributed by atoms with Crippen LogP contribution in [0.4, 0.5) is 0 Å². The molecule has 2 rings (SSSR count). The molecular formula is C13H18BrClN2O2S. The van der Waals surface area contributed by atoms with Gasteiger partial charge in [-0.15, -0.1) is 0 Å². The molecule has 1 aromatic rings. The van der Waals surface area contributed by atoms with E-state index in [1.54, 1.807) is 28.6 Å². The Morgan fingerprint density at radius 2 is 1.80 bits per heavy atom. The summed E-state index contributed by atoms with van der Waals surface area (Å²) >= 11 is 9.23. The van der Waals surface area contributed by atoms with Gasteiger partial charge < -0.3 is 4.90 Å². The summed E-state index contributed by atoms with van der Waals surface area (Å²) in [7, 11) is -3.40. The van der Waals surface area contributed by atoms with Crippen LogP contribution >= 0.6 is 27.5 Å². The fourth-order valence-electron chi connectivity index (χ4n) is 2.29. The molecule has 0 bridgehead atoms. The number of hydrogen-bond donors (Lipinski definition) is 0. The zero-order valence-corrected chi connectivity index (χ0v) is 14.3. The van der Waals surface area contributed by atoms with Crippen molar-refractivity contribution in [3.8, 4) is 0 Å². The smallest absolute Gasteiger partial charge is 0.243 e. The lowest BCUT2D eigenvalue weighted by atomic mass is 10.4. The maximum Gasteiger partial charge on any atom is 0.243 e. The lowest BCUT2D eigenvalue weighted by molar-refractivity contribution is 0.305. The second kappa shape index (κ2) is 7.22. The molecule has 1 saturated heterocycles. The summed E-state index contributed by atoms with van der Waals surface area (Å²) in [4.78, 5) is 2.60. The van der Waals surface area contributed by atoms with Crippen LogP contribution in [0.1, 0.15) is 6.42 Å². The minimum Gasteiger partial charge on any atom is -0.301 e. The number of halogens is 2. The Morgan fingerprint density at radius 3 is 2.45 bits per heavy atom. The minimum absolute atomic E-state index is 0.316. The number of hydrogen-bond acceptors (Lipinski definition) is 3. The molecule has 1 aliphatic rings. The van der Waals surface area contributed by atoms with Crippen LogP contribution in [0, 0.1) is 0 Å². The highest BCUT2D eigenvalue weighted by Crippen LogP contribution is 2.19. The summed E-state index contributed by atoms with van der Waals surface area (Å²) in [6.45, 7) is 3.78. The van der Waals surface area contributed by atoms with E-state index >= 15 is 0 Å². The molecule has 7 heteroatoms. The Hall–Kier alpha value is -0.140. The maximum atomic E-state index is 12.6. The van der Waals surface area contributed by atoms with E-state index in [1.165, 1.54) is 0 Å². The van der Waals surface area contributed by atoms with Gasteiger partial charge in [0.25, 0.3) is 0 Å². The second-order valence-corrected chi connectivity index (χ2v) is 7.91. The van der Waals surface area contributed by atoms with Crippen LogP contribution in [-0.4, -0.2) is 55.7 Å². The van der Waals surface area contributed by atoms with Crippen molar-refractivity contribution < 1.29 is 8.42 Å². The summed E-state index contributed by atoms with van der Waals surface area (Å²) in [5, 5.41) is 1.46. The Labute approximate surface area is 133 Å². The van der Waals surface area contributed by atoms with Crippen LogP contribution in [-0.2, 0) is 10.0 Å². The van der Waals surface area contributed by atoms with E-state index in [0.717, 1.165) is 31.4 Å². The van der Waals surface area contributed by atoms with Gasteiger partial charge in [0, 0.05) is 36.5 Å². The predicted molar refractivity (Wildman–Crippen MR) is 85.1 cm³/mol. The van der Waals surface area contributed by atoms with Crippen molar-refractivity contribution in [1.29, 1.82) is 0 Å². The van der Waals surface area contributed by atoms with Crippen molar-refractivity contribution in [1.82, 2.24) is 9.21 Å². The second-order valence-electron chi connectivity index (χ2n) is 4.74. The van der Waals surface area contributed by atoms with Crippen LogP contribution in [0.3, 0.4) is 0 Å². The van der Waals surface area contributed by atoms with Gasteiger partial charge in [0.1, 0.15) is 0 Å². The SMILES string of the molecule is O=S(=O)(c1ccc(Cl)cc1)N1CCCN(CCBr)CC1. The summed E-state index contributed by atoms with van der Waals surface area (Å²) in [6, 6.07) is 6.37. The lowest BCUT2D eigenvalue weighted by Gasteiger charge is -2.21. The van der Waals surface area contributed by atoms with Gasteiger partial charge in [-0.05, 0) is 37.2 Å². The van der Waals surface area contributed by atoms with Crippen LogP contribution in [0.15, 0.2) is 29.2 Å². The molecule has 0 aliphatic carbocycles. The van der Waals surface area contributed by atoms with Crippen molar-refractivity contribution in [3.05, 3.63) is 29.3 Å². The zero-order valence-electron chi connectivity index (χ0n) is 11.1. The average molecular weight is 382 g/mol. The monoisotopic (exact) mass is 380 g/mol. The molecule has 0 N–H and O–H groups in total. The summed E-state index contributed by atoms with van der Waals surface area (Å²) in [6.07, 6.45) is 0.861. The van der Waals surface area contributed by atoms with Crippen molar-refractivity contribution in [2.45, 2.75) is 11.3 Å². The highest BCUT2D eigenvalue weighted by Gasteiger charge is 2.26. The topological polar surface area (TPSA) is 40.6 Å². The van der Waals surface area contributed by atoms with Gasteiger partial charge in [0.15, 0.2) is 0 Å². The van der Waals surface area contributed by atoms with Gasteiger partial charge in [-0.3, -0.25) is 0 Å². The Balaban J connectivity index is 2.11. The number of nitrogens with zero attached hydrogens (tertiary/aromatic N) is 2. The van der Waals surface area contributed by atoms with E-state index in [0.29, 0.717) is 23.0 Å². The number of alkyl halides is 1. The van der Waals surface area contributed by atoms with Crippen molar-refractivity contribution in [2.24, 2.45) is 0 Å². The quantitative estimate of drug-likeness (QED) is 0.752. The lowest BCUT2D eigenvalue weighted by Crippen LogP contribution is -2.35. The molecule has 1 aromatic carbocycles. The highest BCUT2D eigenvalue weighted by atomic mass is 79.9. The molecule has 4 nitrogen and oxygen atoms in total. The van der Waals surface area contributed by atoms with Crippen molar-refractivity contribution in [2.75, 3.05) is 38.1 Å². The number of rotatable bonds is 4. The van der Waals surface area contributed by atoms with Crippen LogP contribution in [0.25, 0.3) is 0 Å². The third-order valence-electron chi connectivity index (χ3n) is 3.40. The van der Waals surface area contributed by atoms with Gasteiger partial charge in [-0.2, -0.15) is 4.31 Å². The first-order valence-corrected chi connectivity index (χ1v) is 9.52. The molecule has 1 aliphatic heterocycles. The predicted octanol–water partition coefficient (Wildman–Crippen LogP) is 2.43. The molecule has 0 unspecified atom stereocenters. The van der Waals surface area contributed by atoms with Crippen LogP contribution in [0.5, 0.6) is 0 Å². The van der Waals surface area contributed by atoms with Gasteiger partial charge in [-0.1, -0.05) is 27.5 Å². The molecule has 0 atom stereocenters. The van der Waals surface area contributed by atoms with Crippen LogP contribution < -0.4 is 0 Å². The Morgan fingerprint density at radius 1 is 1.10 bits per heavy atom. The van der Waals surface area contributed by atoms with E-state index in [4.69, 9.17) is 11.6 Å². The van der Waals surface area contributed by atoms with Crippen LogP contribution in [0.2, 0.25) is 5.02 Å². The number of benzene rings is 1. The summed E-state index contributed by atoms with van der Waals surface area (Å²) in [5.74, 6) is 0. The molecule has 1 heterocycles. The van der Waals surface area contributed by atoms with Gasteiger partial charge in [-0.25, -0.2) is 8.42 Å². The van der Waals surface area contributed by atoms with Crippen molar-refractivity contribution >= 4 is 37.6 Å². The molecule has 0 radical (unpaired) electrons. The van der Waals surface area contributed by atoms with Gasteiger partial charge in [0.05, 0.1) is 4.90 Å². The molecule has 0 spiro atoms. The maximum absolute atomic E-state index is 12.6. The molecule has 0 amide bonds. The molecule has 0 aromatic heterocycles. The molecule has 20 heavy (non-hydrogen) atoms. The van der Waals surface area contributed by atoms with E-state index < -0.39 is 10.0 Å². The van der Waals surface area contributed by atoms with Gasteiger partial charge in [0.2, 0.25) is 10.0 Å². The van der Waals surface area contributed by atoms with E-state index in [2.05, 4.69) is 20.8 Å². The largest absolute Gasteiger partial charge is 0.301 e. The molecular weight excluding hydrogens is 364 g/mol. The first-order valence-electron chi connectivity index (χ1n) is 6.58. The zero-order chi connectivity index (χ0) is 14.6. The molecule has 0 saturated carbocycles.